The lowest BCUT2D eigenvalue weighted by Gasteiger charge is -2.22. The number of aliphatic hydroxyl groups excluding tert-OH is 1. The Labute approximate surface area is 119 Å². The molecule has 0 aromatic carbocycles. The summed E-state index contributed by atoms with van der Waals surface area (Å²) in [6, 6.07) is 2.22. The first-order valence-corrected chi connectivity index (χ1v) is 7.37. The van der Waals surface area contributed by atoms with Crippen LogP contribution in [-0.4, -0.2) is 45.0 Å². The largest absolute Gasteiger partial charge is 0.396 e. The van der Waals surface area contributed by atoms with Crippen LogP contribution in [0, 0.1) is 0 Å². The fraction of sp³-hybridized carbons (Fsp3) is 0.714. The molecule has 0 aliphatic heterocycles. The summed E-state index contributed by atoms with van der Waals surface area (Å²) in [5.41, 5.74) is 0.973. The Morgan fingerprint density at radius 1 is 1.55 bits per heavy atom. The van der Waals surface area contributed by atoms with Crippen molar-refractivity contribution in [3.63, 3.8) is 0 Å². The lowest BCUT2D eigenvalue weighted by atomic mass is 10.3. The standard InChI is InChI=1S/C14H24N4O2/c1-3-11-10-13(17(2)16-11)15-14(20)18(12-6-7-12)8-4-5-9-19/h10,12,19H,3-9H2,1-2H3,(H,15,20). The Morgan fingerprint density at radius 2 is 2.30 bits per heavy atom. The molecule has 112 valence electrons. The predicted molar refractivity (Wildman–Crippen MR) is 77.7 cm³/mol. The van der Waals surface area contributed by atoms with Crippen molar-refractivity contribution in [2.45, 2.75) is 45.1 Å². The summed E-state index contributed by atoms with van der Waals surface area (Å²) in [5.74, 6) is 0.736. The predicted octanol–water partition coefficient (Wildman–Crippen LogP) is 1.75. The number of nitrogens with zero attached hydrogens (tertiary/aromatic N) is 3. The summed E-state index contributed by atoms with van der Waals surface area (Å²) in [4.78, 5) is 14.2. The van der Waals surface area contributed by atoms with Crippen LogP contribution in [0.2, 0.25) is 0 Å². The number of hydrogen-bond acceptors (Lipinski definition) is 3. The van der Waals surface area contributed by atoms with Gasteiger partial charge in [-0.15, -0.1) is 0 Å². The van der Waals surface area contributed by atoms with Gasteiger partial charge in [0.2, 0.25) is 0 Å². The Morgan fingerprint density at radius 3 is 2.85 bits per heavy atom. The molecule has 1 heterocycles. The normalized spacial score (nSPS) is 14.3. The molecular weight excluding hydrogens is 256 g/mol. The zero-order valence-corrected chi connectivity index (χ0v) is 12.3. The van der Waals surface area contributed by atoms with Crippen LogP contribution in [0.1, 0.15) is 38.3 Å². The molecule has 6 heteroatoms. The molecule has 0 unspecified atom stereocenters. The fourth-order valence-corrected chi connectivity index (χ4v) is 2.23. The number of aromatic nitrogens is 2. The molecule has 1 aliphatic carbocycles. The van der Waals surface area contributed by atoms with E-state index in [0.29, 0.717) is 12.6 Å². The topological polar surface area (TPSA) is 70.4 Å². The second-order valence-electron chi connectivity index (χ2n) is 5.28. The van der Waals surface area contributed by atoms with Gasteiger partial charge in [0.15, 0.2) is 0 Å². The molecule has 1 aromatic heterocycles. The highest BCUT2D eigenvalue weighted by Crippen LogP contribution is 2.27. The number of aryl methyl sites for hydroxylation is 2. The maximum atomic E-state index is 12.3. The van der Waals surface area contributed by atoms with Crippen molar-refractivity contribution in [1.29, 1.82) is 0 Å². The van der Waals surface area contributed by atoms with E-state index in [4.69, 9.17) is 5.11 Å². The van der Waals surface area contributed by atoms with Gasteiger partial charge in [-0.05, 0) is 32.1 Å². The number of nitrogens with one attached hydrogen (secondary N) is 1. The molecule has 0 atom stereocenters. The van der Waals surface area contributed by atoms with E-state index >= 15 is 0 Å². The number of unbranched alkanes of at least 4 members (excludes halogenated alkanes) is 1. The molecule has 1 saturated carbocycles. The summed E-state index contributed by atoms with van der Waals surface area (Å²) >= 11 is 0. The third-order valence-corrected chi connectivity index (χ3v) is 3.58. The van der Waals surface area contributed by atoms with E-state index in [0.717, 1.165) is 43.6 Å². The lowest BCUT2D eigenvalue weighted by molar-refractivity contribution is 0.203. The third-order valence-electron chi connectivity index (χ3n) is 3.58. The van der Waals surface area contributed by atoms with E-state index < -0.39 is 0 Å². The van der Waals surface area contributed by atoms with Gasteiger partial charge in [0.25, 0.3) is 0 Å². The van der Waals surface area contributed by atoms with Crippen LogP contribution < -0.4 is 5.32 Å². The fourth-order valence-electron chi connectivity index (χ4n) is 2.23. The number of anilines is 1. The smallest absolute Gasteiger partial charge is 0.323 e. The maximum absolute atomic E-state index is 12.3. The molecule has 2 N–H and O–H groups in total. The maximum Gasteiger partial charge on any atom is 0.323 e. The Kier molecular flexibility index (Phi) is 5.00. The van der Waals surface area contributed by atoms with Crippen LogP contribution in [0.4, 0.5) is 10.6 Å². The molecule has 1 aliphatic rings. The van der Waals surface area contributed by atoms with Crippen LogP contribution in [0.15, 0.2) is 6.07 Å². The van der Waals surface area contributed by atoms with Crippen LogP contribution in [-0.2, 0) is 13.5 Å². The SMILES string of the molecule is CCc1cc(NC(=O)N(CCCCO)C2CC2)n(C)n1. The summed E-state index contributed by atoms with van der Waals surface area (Å²) in [5, 5.41) is 16.1. The zero-order chi connectivity index (χ0) is 14.5. The minimum absolute atomic E-state index is 0.0592. The summed E-state index contributed by atoms with van der Waals surface area (Å²) < 4.78 is 1.70. The Balaban J connectivity index is 1.95. The van der Waals surface area contributed by atoms with Crippen molar-refractivity contribution in [3.05, 3.63) is 11.8 Å². The van der Waals surface area contributed by atoms with Gasteiger partial charge in [0.1, 0.15) is 5.82 Å². The Hall–Kier alpha value is -1.56. The first-order valence-electron chi connectivity index (χ1n) is 7.37. The number of rotatable bonds is 7. The van der Waals surface area contributed by atoms with E-state index in [1.807, 2.05) is 24.9 Å². The van der Waals surface area contributed by atoms with Gasteiger partial charge in [-0.2, -0.15) is 5.10 Å². The number of carbonyl (C=O) groups excluding carboxylic acids is 1. The molecule has 0 saturated heterocycles. The van der Waals surface area contributed by atoms with Crippen molar-refractivity contribution >= 4 is 11.8 Å². The molecule has 1 aromatic rings. The first kappa shape index (κ1) is 14.8. The second-order valence-corrected chi connectivity index (χ2v) is 5.28. The van der Waals surface area contributed by atoms with Crippen LogP contribution in [0.5, 0.6) is 0 Å². The second kappa shape index (κ2) is 6.74. The summed E-state index contributed by atoms with van der Waals surface area (Å²) in [6.07, 6.45) is 4.59. The van der Waals surface area contributed by atoms with Crippen molar-refractivity contribution in [2.75, 3.05) is 18.5 Å². The quantitative estimate of drug-likeness (QED) is 0.748. The molecule has 20 heavy (non-hydrogen) atoms. The third kappa shape index (κ3) is 3.72. The zero-order valence-electron chi connectivity index (χ0n) is 12.3. The molecule has 0 radical (unpaired) electrons. The number of urea groups is 1. The van der Waals surface area contributed by atoms with Gasteiger partial charge in [-0.3, -0.25) is 10.00 Å². The van der Waals surface area contributed by atoms with E-state index in [1.165, 1.54) is 0 Å². The molecular formula is C14H24N4O2. The number of aliphatic hydroxyl groups is 1. The molecule has 2 amide bonds. The summed E-state index contributed by atoms with van der Waals surface area (Å²) in [6.45, 7) is 2.93. The highest BCUT2D eigenvalue weighted by Gasteiger charge is 2.32. The van der Waals surface area contributed by atoms with E-state index in [-0.39, 0.29) is 12.6 Å². The van der Waals surface area contributed by atoms with Crippen LogP contribution >= 0.6 is 0 Å². The first-order chi connectivity index (χ1) is 9.65. The minimum atomic E-state index is -0.0592. The number of hydrogen-bond donors (Lipinski definition) is 2. The van der Waals surface area contributed by atoms with Gasteiger partial charge in [0.05, 0.1) is 5.69 Å². The van der Waals surface area contributed by atoms with Crippen molar-refractivity contribution in [1.82, 2.24) is 14.7 Å². The molecule has 2 rings (SSSR count). The average molecular weight is 280 g/mol. The lowest BCUT2D eigenvalue weighted by Crippen LogP contribution is -2.38. The number of amides is 2. The van der Waals surface area contributed by atoms with Crippen molar-refractivity contribution < 1.29 is 9.90 Å². The molecule has 0 spiro atoms. The van der Waals surface area contributed by atoms with Crippen LogP contribution in [0.25, 0.3) is 0 Å². The van der Waals surface area contributed by atoms with Crippen LogP contribution in [0.3, 0.4) is 0 Å². The van der Waals surface area contributed by atoms with Gasteiger partial charge in [0, 0.05) is 32.3 Å². The van der Waals surface area contributed by atoms with Crippen molar-refractivity contribution in [2.24, 2.45) is 7.05 Å². The van der Waals surface area contributed by atoms with Gasteiger partial charge < -0.3 is 10.0 Å². The van der Waals surface area contributed by atoms with Crippen molar-refractivity contribution in [3.8, 4) is 0 Å². The monoisotopic (exact) mass is 280 g/mol. The van der Waals surface area contributed by atoms with E-state index in [2.05, 4.69) is 10.4 Å². The van der Waals surface area contributed by atoms with Gasteiger partial charge >= 0.3 is 6.03 Å². The Bertz CT molecular complexity index is 454. The molecule has 6 nitrogen and oxygen atoms in total. The minimum Gasteiger partial charge on any atom is -0.396 e. The van der Waals surface area contributed by atoms with Gasteiger partial charge in [-0.1, -0.05) is 6.92 Å². The van der Waals surface area contributed by atoms with E-state index in [1.54, 1.807) is 4.68 Å². The molecule has 0 bridgehead atoms. The highest BCUT2D eigenvalue weighted by molar-refractivity contribution is 5.88. The van der Waals surface area contributed by atoms with Gasteiger partial charge in [-0.25, -0.2) is 4.79 Å². The van der Waals surface area contributed by atoms with E-state index in [9.17, 15) is 4.79 Å². The molecule has 1 fully saturated rings. The summed E-state index contributed by atoms with van der Waals surface area (Å²) in [7, 11) is 1.84. The highest BCUT2D eigenvalue weighted by atomic mass is 16.3. The number of carbonyl (C=O) groups is 1. The average Bonchev–Trinajstić information content (AvgIpc) is 3.20.